The number of aryl methyl sites for hydroxylation is 3. The third-order valence-electron chi connectivity index (χ3n) is 4.35. The molecule has 0 aliphatic heterocycles. The summed E-state index contributed by atoms with van der Waals surface area (Å²) in [5.74, 6) is 0.746. The number of nitrogens with zero attached hydrogens (tertiary/aromatic N) is 5. The smallest absolute Gasteiger partial charge is 0.249 e. The number of hydrogen-bond donors (Lipinski definition) is 0. The lowest BCUT2D eigenvalue weighted by Crippen LogP contribution is -2.34. The third kappa shape index (κ3) is 3.56. The SMILES string of the molecule is COCC(=O)N(Cc1cc(C)n(C)n1)Cc1nc2ccccc2n1C. The summed E-state index contributed by atoms with van der Waals surface area (Å²) < 4.78 is 8.86. The Labute approximate surface area is 146 Å². The molecule has 0 atom stereocenters. The van der Waals surface area contributed by atoms with Crippen LogP contribution in [0.5, 0.6) is 0 Å². The predicted octanol–water partition coefficient (Wildman–Crippen LogP) is 1.79. The molecular weight excluding hydrogens is 318 g/mol. The van der Waals surface area contributed by atoms with Crippen LogP contribution in [0.2, 0.25) is 0 Å². The van der Waals surface area contributed by atoms with Crippen molar-refractivity contribution >= 4 is 16.9 Å². The fourth-order valence-corrected chi connectivity index (χ4v) is 2.86. The standard InChI is InChI=1S/C18H23N5O2/c1-13-9-14(20-22(13)3)10-23(18(24)12-25-4)11-17-19-15-7-5-6-8-16(15)21(17)2/h5-9H,10-12H2,1-4H3. The van der Waals surface area contributed by atoms with Crippen molar-refractivity contribution in [2.45, 2.75) is 20.0 Å². The van der Waals surface area contributed by atoms with E-state index in [9.17, 15) is 4.79 Å². The molecule has 0 bridgehead atoms. The van der Waals surface area contributed by atoms with E-state index in [0.717, 1.165) is 28.2 Å². The number of hydrogen-bond acceptors (Lipinski definition) is 4. The number of methoxy groups -OCH3 is 1. The predicted molar refractivity (Wildman–Crippen MR) is 94.8 cm³/mol. The van der Waals surface area contributed by atoms with Crippen LogP contribution in [0, 0.1) is 6.92 Å². The van der Waals surface area contributed by atoms with E-state index in [4.69, 9.17) is 4.74 Å². The lowest BCUT2D eigenvalue weighted by atomic mass is 10.3. The summed E-state index contributed by atoms with van der Waals surface area (Å²) in [5.41, 5.74) is 3.87. The molecule has 132 valence electrons. The van der Waals surface area contributed by atoms with Crippen LogP contribution < -0.4 is 0 Å². The van der Waals surface area contributed by atoms with E-state index in [1.807, 2.05) is 60.6 Å². The van der Waals surface area contributed by atoms with Crippen LogP contribution >= 0.6 is 0 Å². The first-order valence-electron chi connectivity index (χ1n) is 8.16. The molecule has 1 amide bonds. The van der Waals surface area contributed by atoms with Crippen molar-refractivity contribution in [3.05, 3.63) is 47.5 Å². The van der Waals surface area contributed by atoms with E-state index in [1.54, 1.807) is 4.90 Å². The number of aromatic nitrogens is 4. The average Bonchev–Trinajstić information content (AvgIpc) is 3.07. The topological polar surface area (TPSA) is 65.2 Å². The zero-order valence-corrected chi connectivity index (χ0v) is 15.1. The first-order valence-corrected chi connectivity index (χ1v) is 8.16. The summed E-state index contributed by atoms with van der Waals surface area (Å²) in [7, 11) is 5.39. The van der Waals surface area contributed by atoms with Gasteiger partial charge in [-0.1, -0.05) is 12.1 Å². The van der Waals surface area contributed by atoms with Gasteiger partial charge in [-0.2, -0.15) is 5.10 Å². The minimum Gasteiger partial charge on any atom is -0.375 e. The highest BCUT2D eigenvalue weighted by atomic mass is 16.5. The second-order valence-corrected chi connectivity index (χ2v) is 6.16. The van der Waals surface area contributed by atoms with E-state index in [-0.39, 0.29) is 12.5 Å². The Balaban J connectivity index is 1.88. The molecule has 0 aliphatic rings. The Morgan fingerprint density at radius 3 is 2.64 bits per heavy atom. The molecule has 3 aromatic rings. The Morgan fingerprint density at radius 1 is 1.24 bits per heavy atom. The summed E-state index contributed by atoms with van der Waals surface area (Å²) in [6.07, 6.45) is 0. The number of carbonyl (C=O) groups is 1. The van der Waals surface area contributed by atoms with Crippen LogP contribution in [-0.4, -0.2) is 43.9 Å². The fraction of sp³-hybridized carbons (Fsp3) is 0.389. The van der Waals surface area contributed by atoms with E-state index >= 15 is 0 Å². The van der Waals surface area contributed by atoms with Gasteiger partial charge < -0.3 is 14.2 Å². The maximum Gasteiger partial charge on any atom is 0.249 e. The van der Waals surface area contributed by atoms with Crippen molar-refractivity contribution in [2.75, 3.05) is 13.7 Å². The highest BCUT2D eigenvalue weighted by molar-refractivity contribution is 5.78. The summed E-state index contributed by atoms with van der Waals surface area (Å²) in [6, 6.07) is 9.93. The average molecular weight is 341 g/mol. The molecule has 2 heterocycles. The van der Waals surface area contributed by atoms with Gasteiger partial charge in [-0.05, 0) is 25.1 Å². The molecule has 0 radical (unpaired) electrons. The first-order chi connectivity index (χ1) is 12.0. The Morgan fingerprint density at radius 2 is 2.00 bits per heavy atom. The third-order valence-corrected chi connectivity index (χ3v) is 4.35. The van der Waals surface area contributed by atoms with Crippen LogP contribution in [0.3, 0.4) is 0 Å². The molecule has 0 N–H and O–H groups in total. The number of amides is 1. The van der Waals surface area contributed by atoms with Gasteiger partial charge in [0.1, 0.15) is 12.4 Å². The molecule has 2 aromatic heterocycles. The van der Waals surface area contributed by atoms with Crippen molar-refractivity contribution in [3.8, 4) is 0 Å². The van der Waals surface area contributed by atoms with E-state index in [0.29, 0.717) is 13.1 Å². The summed E-state index contributed by atoms with van der Waals surface area (Å²) in [4.78, 5) is 18.9. The number of benzene rings is 1. The molecule has 7 nitrogen and oxygen atoms in total. The maximum absolute atomic E-state index is 12.5. The number of carbonyl (C=O) groups excluding carboxylic acids is 1. The molecule has 0 aliphatic carbocycles. The molecule has 0 fully saturated rings. The van der Waals surface area contributed by atoms with Crippen LogP contribution in [-0.2, 0) is 36.7 Å². The molecule has 0 spiro atoms. The van der Waals surface area contributed by atoms with Crippen LogP contribution in [0.1, 0.15) is 17.2 Å². The normalized spacial score (nSPS) is 11.2. The van der Waals surface area contributed by atoms with Gasteiger partial charge in [0.2, 0.25) is 5.91 Å². The van der Waals surface area contributed by atoms with Gasteiger partial charge in [0.15, 0.2) is 0 Å². The van der Waals surface area contributed by atoms with Gasteiger partial charge in [0, 0.05) is 26.9 Å². The zero-order chi connectivity index (χ0) is 18.0. The Hall–Kier alpha value is -2.67. The fourth-order valence-electron chi connectivity index (χ4n) is 2.86. The van der Waals surface area contributed by atoms with E-state index in [2.05, 4.69) is 10.1 Å². The minimum atomic E-state index is -0.0853. The Bertz CT molecular complexity index is 877. The minimum absolute atomic E-state index is 0.0375. The lowest BCUT2D eigenvalue weighted by Gasteiger charge is -2.21. The van der Waals surface area contributed by atoms with Crippen LogP contribution in [0.25, 0.3) is 11.0 Å². The number of imidazole rings is 1. The first kappa shape index (κ1) is 17.2. The van der Waals surface area contributed by atoms with Gasteiger partial charge in [-0.25, -0.2) is 4.98 Å². The highest BCUT2D eigenvalue weighted by Gasteiger charge is 2.19. The quantitative estimate of drug-likeness (QED) is 0.686. The highest BCUT2D eigenvalue weighted by Crippen LogP contribution is 2.17. The van der Waals surface area contributed by atoms with Gasteiger partial charge in [0.05, 0.1) is 29.8 Å². The van der Waals surface area contributed by atoms with E-state index < -0.39 is 0 Å². The molecule has 0 saturated heterocycles. The number of ether oxygens (including phenoxy) is 1. The second-order valence-electron chi connectivity index (χ2n) is 6.16. The van der Waals surface area contributed by atoms with Crippen molar-refractivity contribution < 1.29 is 9.53 Å². The monoisotopic (exact) mass is 341 g/mol. The molecule has 0 saturated carbocycles. The second kappa shape index (κ2) is 7.06. The number of rotatable bonds is 6. The lowest BCUT2D eigenvalue weighted by molar-refractivity contribution is -0.136. The van der Waals surface area contributed by atoms with Crippen molar-refractivity contribution in [2.24, 2.45) is 14.1 Å². The summed E-state index contributed by atoms with van der Waals surface area (Å²) in [6.45, 7) is 2.86. The zero-order valence-electron chi connectivity index (χ0n) is 15.1. The summed E-state index contributed by atoms with van der Waals surface area (Å²) in [5, 5.41) is 4.45. The molecule has 0 unspecified atom stereocenters. The molecule has 7 heteroatoms. The van der Waals surface area contributed by atoms with Crippen LogP contribution in [0.15, 0.2) is 30.3 Å². The molecule has 3 rings (SSSR count). The van der Waals surface area contributed by atoms with Crippen molar-refractivity contribution in [1.82, 2.24) is 24.2 Å². The number of para-hydroxylation sites is 2. The maximum atomic E-state index is 12.5. The summed E-state index contributed by atoms with van der Waals surface area (Å²) >= 11 is 0. The van der Waals surface area contributed by atoms with Gasteiger partial charge in [0.25, 0.3) is 0 Å². The Kier molecular flexibility index (Phi) is 4.85. The van der Waals surface area contributed by atoms with Gasteiger partial charge in [-0.3, -0.25) is 9.48 Å². The van der Waals surface area contributed by atoms with Crippen LogP contribution in [0.4, 0.5) is 0 Å². The molecule has 1 aromatic carbocycles. The molecule has 25 heavy (non-hydrogen) atoms. The van der Waals surface area contributed by atoms with Gasteiger partial charge >= 0.3 is 0 Å². The van der Waals surface area contributed by atoms with Gasteiger partial charge in [-0.15, -0.1) is 0 Å². The molecular formula is C18H23N5O2. The van der Waals surface area contributed by atoms with E-state index in [1.165, 1.54) is 7.11 Å². The number of fused-ring (bicyclic) bond motifs is 1. The van der Waals surface area contributed by atoms with Crippen molar-refractivity contribution in [3.63, 3.8) is 0 Å². The van der Waals surface area contributed by atoms with Crippen molar-refractivity contribution in [1.29, 1.82) is 0 Å². The largest absolute Gasteiger partial charge is 0.375 e.